The first-order valence-electron chi connectivity index (χ1n) is 6.02. The first kappa shape index (κ1) is 12.1. The number of benzene rings is 1. The number of nitrogens with zero attached hydrogens (tertiary/aromatic N) is 2. The van der Waals surface area contributed by atoms with E-state index >= 15 is 0 Å². The fourth-order valence-corrected chi connectivity index (χ4v) is 2.61. The standard InChI is InChI=1S/C14H13N3OS/c15-7-5-10-1-3-11(4-2-10)18-14-13-12(6-8-19-13)16-9-17-14/h1-4,6,8-9H,5,7,15H2. The fraction of sp³-hybridized carbons (Fsp3) is 0.143. The van der Waals surface area contributed by atoms with Gasteiger partial charge in [0.15, 0.2) is 0 Å². The van der Waals surface area contributed by atoms with Crippen molar-refractivity contribution >= 4 is 21.6 Å². The topological polar surface area (TPSA) is 61.0 Å². The molecular weight excluding hydrogens is 258 g/mol. The van der Waals surface area contributed by atoms with Gasteiger partial charge in [-0.05, 0) is 42.1 Å². The summed E-state index contributed by atoms with van der Waals surface area (Å²) >= 11 is 1.58. The van der Waals surface area contributed by atoms with Crippen LogP contribution in [-0.4, -0.2) is 16.5 Å². The molecule has 0 bridgehead atoms. The van der Waals surface area contributed by atoms with E-state index in [1.807, 2.05) is 35.7 Å². The lowest BCUT2D eigenvalue weighted by molar-refractivity contribution is 0.469. The van der Waals surface area contributed by atoms with E-state index in [2.05, 4.69) is 9.97 Å². The van der Waals surface area contributed by atoms with E-state index in [9.17, 15) is 0 Å². The average Bonchev–Trinajstić information content (AvgIpc) is 2.91. The van der Waals surface area contributed by atoms with E-state index in [4.69, 9.17) is 10.5 Å². The van der Waals surface area contributed by atoms with Gasteiger partial charge in [-0.3, -0.25) is 0 Å². The maximum Gasteiger partial charge on any atom is 0.240 e. The Labute approximate surface area is 114 Å². The maximum atomic E-state index is 5.81. The lowest BCUT2D eigenvalue weighted by Crippen LogP contribution is -2.02. The van der Waals surface area contributed by atoms with E-state index in [1.165, 1.54) is 11.9 Å². The van der Waals surface area contributed by atoms with Gasteiger partial charge in [-0.25, -0.2) is 9.97 Å². The molecule has 0 saturated carbocycles. The van der Waals surface area contributed by atoms with E-state index in [1.54, 1.807) is 11.3 Å². The zero-order valence-corrected chi connectivity index (χ0v) is 11.1. The van der Waals surface area contributed by atoms with Gasteiger partial charge in [-0.1, -0.05) is 12.1 Å². The van der Waals surface area contributed by atoms with Crippen molar-refractivity contribution in [2.24, 2.45) is 5.73 Å². The summed E-state index contributed by atoms with van der Waals surface area (Å²) < 4.78 is 6.78. The molecule has 0 spiro atoms. The first-order valence-corrected chi connectivity index (χ1v) is 6.90. The number of ether oxygens (including phenoxy) is 1. The van der Waals surface area contributed by atoms with Gasteiger partial charge in [0, 0.05) is 0 Å². The summed E-state index contributed by atoms with van der Waals surface area (Å²) in [6, 6.07) is 9.88. The highest BCUT2D eigenvalue weighted by atomic mass is 32.1. The highest BCUT2D eigenvalue weighted by Gasteiger charge is 2.07. The molecule has 0 radical (unpaired) electrons. The van der Waals surface area contributed by atoms with Crippen molar-refractivity contribution in [2.75, 3.05) is 6.54 Å². The summed E-state index contributed by atoms with van der Waals surface area (Å²) in [5, 5.41) is 1.98. The Bertz CT molecular complexity index is 678. The predicted molar refractivity (Wildman–Crippen MR) is 76.7 cm³/mol. The summed E-state index contributed by atoms with van der Waals surface area (Å²) in [6.45, 7) is 0.655. The molecule has 1 aromatic carbocycles. The monoisotopic (exact) mass is 271 g/mol. The normalized spacial score (nSPS) is 10.8. The Morgan fingerprint density at radius 1 is 1.11 bits per heavy atom. The lowest BCUT2D eigenvalue weighted by Gasteiger charge is -2.06. The molecule has 0 fully saturated rings. The molecule has 0 aliphatic rings. The highest BCUT2D eigenvalue weighted by Crippen LogP contribution is 2.30. The van der Waals surface area contributed by atoms with Gasteiger partial charge in [0.05, 0.1) is 5.52 Å². The molecule has 2 heterocycles. The zero-order valence-electron chi connectivity index (χ0n) is 10.2. The Balaban J connectivity index is 1.86. The third-order valence-electron chi connectivity index (χ3n) is 2.78. The van der Waals surface area contributed by atoms with Crippen LogP contribution in [0.2, 0.25) is 0 Å². The number of rotatable bonds is 4. The van der Waals surface area contributed by atoms with Crippen LogP contribution in [-0.2, 0) is 6.42 Å². The van der Waals surface area contributed by atoms with Gasteiger partial charge < -0.3 is 10.5 Å². The molecule has 0 aliphatic carbocycles. The summed E-state index contributed by atoms with van der Waals surface area (Å²) in [6.07, 6.45) is 2.40. The summed E-state index contributed by atoms with van der Waals surface area (Å²) in [4.78, 5) is 8.38. The predicted octanol–water partition coefficient (Wildman–Crippen LogP) is 2.98. The number of hydrogen-bond acceptors (Lipinski definition) is 5. The fourth-order valence-electron chi connectivity index (χ4n) is 1.84. The Morgan fingerprint density at radius 2 is 1.95 bits per heavy atom. The Hall–Kier alpha value is -1.98. The Kier molecular flexibility index (Phi) is 3.39. The van der Waals surface area contributed by atoms with Crippen LogP contribution >= 0.6 is 11.3 Å². The molecule has 0 aliphatic heterocycles. The molecule has 2 N–H and O–H groups in total. The maximum absolute atomic E-state index is 5.81. The van der Waals surface area contributed by atoms with Gasteiger partial charge >= 0.3 is 0 Å². The van der Waals surface area contributed by atoms with Crippen molar-refractivity contribution in [3.8, 4) is 11.6 Å². The molecule has 3 aromatic rings. The molecule has 0 unspecified atom stereocenters. The molecule has 96 valence electrons. The second kappa shape index (κ2) is 5.34. The van der Waals surface area contributed by atoms with Crippen LogP contribution in [0.3, 0.4) is 0 Å². The first-order chi connectivity index (χ1) is 9.36. The van der Waals surface area contributed by atoms with Crippen molar-refractivity contribution in [1.29, 1.82) is 0 Å². The molecule has 0 amide bonds. The van der Waals surface area contributed by atoms with E-state index in [0.717, 1.165) is 22.4 Å². The zero-order chi connectivity index (χ0) is 13.1. The minimum atomic E-state index is 0.603. The van der Waals surface area contributed by atoms with Crippen molar-refractivity contribution in [1.82, 2.24) is 9.97 Å². The van der Waals surface area contributed by atoms with Crippen molar-refractivity contribution in [3.05, 3.63) is 47.6 Å². The summed E-state index contributed by atoms with van der Waals surface area (Å²) in [5.74, 6) is 1.38. The van der Waals surface area contributed by atoms with Crippen LogP contribution in [0, 0.1) is 0 Å². The minimum Gasteiger partial charge on any atom is -0.437 e. The van der Waals surface area contributed by atoms with Gasteiger partial charge in [0.2, 0.25) is 5.88 Å². The van der Waals surface area contributed by atoms with Crippen molar-refractivity contribution in [3.63, 3.8) is 0 Å². The number of nitrogens with two attached hydrogens (primary N) is 1. The number of aromatic nitrogens is 2. The lowest BCUT2D eigenvalue weighted by atomic mass is 10.1. The second-order valence-electron chi connectivity index (χ2n) is 4.10. The molecule has 19 heavy (non-hydrogen) atoms. The minimum absolute atomic E-state index is 0.603. The van der Waals surface area contributed by atoms with Gasteiger partial charge in [0.25, 0.3) is 0 Å². The molecule has 5 heteroatoms. The number of fused-ring (bicyclic) bond motifs is 1. The van der Waals surface area contributed by atoms with Crippen molar-refractivity contribution < 1.29 is 4.74 Å². The van der Waals surface area contributed by atoms with E-state index < -0.39 is 0 Å². The van der Waals surface area contributed by atoms with Crippen LogP contribution in [0.15, 0.2) is 42.0 Å². The van der Waals surface area contributed by atoms with Gasteiger partial charge in [0.1, 0.15) is 16.8 Å². The molecule has 2 aromatic heterocycles. The molecule has 3 rings (SSSR count). The van der Waals surface area contributed by atoms with Crippen LogP contribution in [0.1, 0.15) is 5.56 Å². The smallest absolute Gasteiger partial charge is 0.240 e. The SMILES string of the molecule is NCCc1ccc(Oc2ncnc3ccsc23)cc1. The largest absolute Gasteiger partial charge is 0.437 e. The van der Waals surface area contributed by atoms with E-state index in [-0.39, 0.29) is 0 Å². The summed E-state index contributed by atoms with van der Waals surface area (Å²) in [5.41, 5.74) is 7.64. The third-order valence-corrected chi connectivity index (χ3v) is 3.67. The molecule has 0 saturated heterocycles. The van der Waals surface area contributed by atoms with Gasteiger partial charge in [-0.15, -0.1) is 11.3 Å². The Morgan fingerprint density at radius 3 is 2.74 bits per heavy atom. The molecule has 4 nitrogen and oxygen atoms in total. The van der Waals surface area contributed by atoms with Crippen molar-refractivity contribution in [2.45, 2.75) is 6.42 Å². The quantitative estimate of drug-likeness (QED) is 0.792. The second-order valence-corrected chi connectivity index (χ2v) is 5.01. The average molecular weight is 271 g/mol. The highest BCUT2D eigenvalue weighted by molar-refractivity contribution is 7.17. The van der Waals surface area contributed by atoms with Crippen LogP contribution in [0.5, 0.6) is 11.6 Å². The number of hydrogen-bond donors (Lipinski definition) is 1. The van der Waals surface area contributed by atoms with Crippen LogP contribution in [0.4, 0.5) is 0 Å². The summed E-state index contributed by atoms with van der Waals surface area (Å²) in [7, 11) is 0. The third kappa shape index (κ3) is 2.57. The van der Waals surface area contributed by atoms with E-state index in [0.29, 0.717) is 12.4 Å². The molecular formula is C14H13N3OS. The number of thiophene rings is 1. The van der Waals surface area contributed by atoms with Gasteiger partial charge in [-0.2, -0.15) is 0 Å². The molecule has 0 atom stereocenters. The van der Waals surface area contributed by atoms with Crippen LogP contribution < -0.4 is 10.5 Å². The van der Waals surface area contributed by atoms with Crippen LogP contribution in [0.25, 0.3) is 10.2 Å².